The van der Waals surface area contributed by atoms with Crippen LogP contribution in [-0.2, 0) is 16.6 Å². The summed E-state index contributed by atoms with van der Waals surface area (Å²) in [7, 11) is 2.13. The van der Waals surface area contributed by atoms with E-state index in [-0.39, 0.29) is 29.7 Å². The summed E-state index contributed by atoms with van der Waals surface area (Å²) in [6, 6.07) is 7.95. The van der Waals surface area contributed by atoms with Crippen LogP contribution in [0.15, 0.2) is 29.3 Å². The van der Waals surface area contributed by atoms with Crippen LogP contribution in [0.1, 0.15) is 25.8 Å². The third-order valence-corrected chi connectivity index (χ3v) is 5.87. The van der Waals surface area contributed by atoms with Gasteiger partial charge in [0.05, 0.1) is 12.9 Å². The normalized spacial score (nSPS) is 11.9. The number of aliphatic imine (C=N–C) groups is 1. The van der Waals surface area contributed by atoms with E-state index in [1.165, 1.54) is 4.31 Å². The molecule has 0 bridgehead atoms. The Hall–Kier alpha value is -1.07. The average molecular weight is 512 g/mol. The molecule has 1 rings (SSSR count). The first-order valence-corrected chi connectivity index (χ1v) is 10.5. The number of hydrogen-bond donors (Lipinski definition) is 1. The Morgan fingerprint density at radius 1 is 1.19 bits per heavy atom. The number of ether oxygens (including phenoxy) is 1. The predicted octanol–water partition coefficient (Wildman–Crippen LogP) is 2.38. The van der Waals surface area contributed by atoms with Gasteiger partial charge in [0.1, 0.15) is 5.75 Å². The van der Waals surface area contributed by atoms with Gasteiger partial charge in [-0.25, -0.2) is 12.7 Å². The third-order valence-electron chi connectivity index (χ3n) is 4.01. The van der Waals surface area contributed by atoms with Crippen LogP contribution < -0.4 is 10.1 Å². The van der Waals surface area contributed by atoms with Crippen molar-refractivity contribution in [3.63, 3.8) is 0 Å². The lowest BCUT2D eigenvalue weighted by Gasteiger charge is -2.22. The minimum atomic E-state index is -3.12. The summed E-state index contributed by atoms with van der Waals surface area (Å²) < 4.78 is 30.1. The molecule has 0 aliphatic rings. The second kappa shape index (κ2) is 13.2. The van der Waals surface area contributed by atoms with Crippen LogP contribution >= 0.6 is 24.0 Å². The highest BCUT2D eigenvalue weighted by Crippen LogP contribution is 2.12. The Balaban J connectivity index is 0.00000676. The molecule has 0 atom stereocenters. The summed E-state index contributed by atoms with van der Waals surface area (Å²) in [5.74, 6) is 1.77. The van der Waals surface area contributed by atoms with E-state index < -0.39 is 10.0 Å². The first kappa shape index (κ1) is 25.9. The van der Waals surface area contributed by atoms with Gasteiger partial charge in [-0.3, -0.25) is 4.99 Å². The topological polar surface area (TPSA) is 74.2 Å². The van der Waals surface area contributed by atoms with Gasteiger partial charge in [0.15, 0.2) is 5.96 Å². The molecule has 1 aromatic carbocycles. The molecule has 0 radical (unpaired) electrons. The zero-order chi connectivity index (χ0) is 19.6. The molecule has 156 valence electrons. The van der Waals surface area contributed by atoms with Crippen molar-refractivity contribution in [1.29, 1.82) is 0 Å². The van der Waals surface area contributed by atoms with E-state index >= 15 is 0 Å². The summed E-state index contributed by atoms with van der Waals surface area (Å²) in [5, 5.41) is 3.27. The molecular formula is C18H33IN4O3S. The maximum absolute atomic E-state index is 11.7. The van der Waals surface area contributed by atoms with Gasteiger partial charge in [0.25, 0.3) is 0 Å². The van der Waals surface area contributed by atoms with E-state index in [2.05, 4.69) is 15.2 Å². The maximum atomic E-state index is 11.7. The fraction of sp³-hybridized carbons (Fsp3) is 0.611. The predicted molar refractivity (Wildman–Crippen MR) is 123 cm³/mol. The van der Waals surface area contributed by atoms with Crippen LogP contribution in [0.4, 0.5) is 0 Å². The number of guanidine groups is 1. The molecule has 7 nitrogen and oxygen atoms in total. The highest BCUT2D eigenvalue weighted by molar-refractivity contribution is 14.0. The second-order valence-corrected chi connectivity index (χ2v) is 8.38. The fourth-order valence-corrected chi connectivity index (χ4v) is 3.24. The summed E-state index contributed by atoms with van der Waals surface area (Å²) in [5.41, 5.74) is 1.16. The van der Waals surface area contributed by atoms with Gasteiger partial charge in [-0.1, -0.05) is 12.1 Å². The van der Waals surface area contributed by atoms with E-state index in [1.54, 1.807) is 21.1 Å². The molecule has 0 amide bonds. The molecule has 0 aliphatic carbocycles. The summed E-state index contributed by atoms with van der Waals surface area (Å²) in [4.78, 5) is 6.66. The molecule has 0 fully saturated rings. The van der Waals surface area contributed by atoms with E-state index in [1.807, 2.05) is 38.2 Å². The fourth-order valence-electron chi connectivity index (χ4n) is 2.39. The zero-order valence-electron chi connectivity index (χ0n) is 16.9. The van der Waals surface area contributed by atoms with Gasteiger partial charge in [-0.05, 0) is 38.0 Å². The minimum absolute atomic E-state index is 0. The SMILES string of the molecule is CCNC(=NCCCN(C)S(=O)(=O)CC)N(C)Cc1ccc(OC)cc1.I. The number of halogens is 1. The average Bonchev–Trinajstić information content (AvgIpc) is 2.64. The van der Waals surface area contributed by atoms with Crippen molar-refractivity contribution in [2.75, 3.05) is 46.6 Å². The standard InChI is InChI=1S/C18H32N4O3S.HI/c1-6-19-18(20-13-8-14-22(4)26(23,24)7-2)21(3)15-16-9-11-17(25-5)12-10-16;/h9-12H,6-8,13-15H2,1-5H3,(H,19,20);1H. The molecule has 27 heavy (non-hydrogen) atoms. The Morgan fingerprint density at radius 3 is 2.33 bits per heavy atom. The Kier molecular flexibility index (Phi) is 12.6. The summed E-state index contributed by atoms with van der Waals surface area (Å²) >= 11 is 0. The van der Waals surface area contributed by atoms with E-state index in [4.69, 9.17) is 4.74 Å². The van der Waals surface area contributed by atoms with E-state index in [0.717, 1.165) is 30.4 Å². The first-order chi connectivity index (χ1) is 12.3. The molecule has 9 heteroatoms. The Bertz CT molecular complexity index is 666. The number of benzene rings is 1. The minimum Gasteiger partial charge on any atom is -0.497 e. The molecule has 0 saturated heterocycles. The van der Waals surface area contributed by atoms with Gasteiger partial charge < -0.3 is 15.0 Å². The number of sulfonamides is 1. The zero-order valence-corrected chi connectivity index (χ0v) is 20.1. The first-order valence-electron chi connectivity index (χ1n) is 8.90. The Morgan fingerprint density at radius 2 is 1.81 bits per heavy atom. The molecule has 0 heterocycles. The van der Waals surface area contributed by atoms with Crippen molar-refractivity contribution >= 4 is 40.0 Å². The van der Waals surface area contributed by atoms with Crippen molar-refractivity contribution in [2.45, 2.75) is 26.8 Å². The second-order valence-electron chi connectivity index (χ2n) is 6.02. The summed E-state index contributed by atoms with van der Waals surface area (Å²) in [6.45, 7) is 6.22. The third kappa shape index (κ3) is 9.11. The molecule has 0 aromatic heterocycles. The van der Waals surface area contributed by atoms with Gasteiger partial charge >= 0.3 is 0 Å². The molecule has 0 unspecified atom stereocenters. The van der Waals surface area contributed by atoms with Gasteiger partial charge in [0.2, 0.25) is 10.0 Å². The van der Waals surface area contributed by atoms with Crippen molar-refractivity contribution in [1.82, 2.24) is 14.5 Å². The maximum Gasteiger partial charge on any atom is 0.213 e. The number of nitrogens with one attached hydrogen (secondary N) is 1. The lowest BCUT2D eigenvalue weighted by molar-refractivity contribution is 0.414. The number of nitrogens with zero attached hydrogens (tertiary/aromatic N) is 3. The van der Waals surface area contributed by atoms with Crippen LogP contribution in [0.25, 0.3) is 0 Å². The van der Waals surface area contributed by atoms with Crippen molar-refractivity contribution in [3.8, 4) is 5.75 Å². The highest BCUT2D eigenvalue weighted by Gasteiger charge is 2.14. The van der Waals surface area contributed by atoms with Crippen LogP contribution in [0.2, 0.25) is 0 Å². The molecular weight excluding hydrogens is 479 g/mol. The number of methoxy groups -OCH3 is 1. The van der Waals surface area contributed by atoms with Gasteiger partial charge in [-0.2, -0.15) is 0 Å². The number of rotatable bonds is 10. The van der Waals surface area contributed by atoms with Crippen molar-refractivity contribution < 1.29 is 13.2 Å². The lowest BCUT2D eigenvalue weighted by Crippen LogP contribution is -2.38. The Labute approximate surface area is 181 Å². The van der Waals surface area contributed by atoms with Crippen LogP contribution in [-0.4, -0.2) is 70.2 Å². The van der Waals surface area contributed by atoms with Crippen LogP contribution in [0.5, 0.6) is 5.75 Å². The van der Waals surface area contributed by atoms with E-state index in [0.29, 0.717) is 19.5 Å². The van der Waals surface area contributed by atoms with Crippen molar-refractivity contribution in [2.24, 2.45) is 4.99 Å². The van der Waals surface area contributed by atoms with E-state index in [9.17, 15) is 8.42 Å². The molecule has 0 spiro atoms. The number of hydrogen-bond acceptors (Lipinski definition) is 4. The lowest BCUT2D eigenvalue weighted by atomic mass is 10.2. The monoisotopic (exact) mass is 512 g/mol. The smallest absolute Gasteiger partial charge is 0.213 e. The molecule has 0 saturated carbocycles. The van der Waals surface area contributed by atoms with Crippen LogP contribution in [0, 0.1) is 0 Å². The molecule has 0 aliphatic heterocycles. The highest BCUT2D eigenvalue weighted by atomic mass is 127. The van der Waals surface area contributed by atoms with Crippen LogP contribution in [0.3, 0.4) is 0 Å². The molecule has 1 N–H and O–H groups in total. The summed E-state index contributed by atoms with van der Waals surface area (Å²) in [6.07, 6.45) is 0.682. The quantitative estimate of drug-likeness (QED) is 0.226. The van der Waals surface area contributed by atoms with Crippen molar-refractivity contribution in [3.05, 3.63) is 29.8 Å². The van der Waals surface area contributed by atoms with Gasteiger partial charge in [-0.15, -0.1) is 24.0 Å². The molecule has 1 aromatic rings. The van der Waals surface area contributed by atoms with Gasteiger partial charge in [0, 0.05) is 40.3 Å². The largest absolute Gasteiger partial charge is 0.497 e.